The number of hydrogen-bond acceptors (Lipinski definition) is 2. The van der Waals surface area contributed by atoms with Gasteiger partial charge in [-0.15, -0.1) is 0 Å². The molecule has 0 saturated heterocycles. The average molecular weight is 299 g/mol. The molecule has 1 N–H and O–H groups in total. The Morgan fingerprint density at radius 1 is 1.27 bits per heavy atom. The highest BCUT2D eigenvalue weighted by atomic mass is 16.1. The van der Waals surface area contributed by atoms with Gasteiger partial charge < -0.3 is 9.88 Å². The number of aryl methyl sites for hydroxylation is 1. The molecule has 0 bridgehead atoms. The summed E-state index contributed by atoms with van der Waals surface area (Å²) in [6.07, 6.45) is 8.34. The van der Waals surface area contributed by atoms with E-state index in [9.17, 15) is 4.79 Å². The highest BCUT2D eigenvalue weighted by Gasteiger charge is 2.15. The van der Waals surface area contributed by atoms with Crippen molar-refractivity contribution in [2.45, 2.75) is 51.5 Å². The number of carbonyl (C=O) groups is 1. The summed E-state index contributed by atoms with van der Waals surface area (Å²) in [7, 11) is 2.00. The summed E-state index contributed by atoms with van der Waals surface area (Å²) >= 11 is 0. The molecule has 1 aliphatic carbocycles. The van der Waals surface area contributed by atoms with Crippen LogP contribution in [0.1, 0.15) is 50.8 Å². The van der Waals surface area contributed by atoms with Crippen molar-refractivity contribution in [1.82, 2.24) is 14.9 Å². The number of amides is 1. The Morgan fingerprint density at radius 2 is 2.05 bits per heavy atom. The molecule has 1 fully saturated rings. The van der Waals surface area contributed by atoms with E-state index >= 15 is 0 Å². The van der Waals surface area contributed by atoms with Crippen LogP contribution in [0.25, 0.3) is 11.0 Å². The normalized spacial score (nSPS) is 16.0. The fraction of sp³-hybridized carbons (Fsp3) is 0.556. The second-order valence-corrected chi connectivity index (χ2v) is 6.40. The Kier molecular flexibility index (Phi) is 4.76. The predicted octanol–water partition coefficient (Wildman–Crippen LogP) is 3.55. The van der Waals surface area contributed by atoms with Crippen LogP contribution in [0.4, 0.5) is 0 Å². The van der Waals surface area contributed by atoms with Gasteiger partial charge in [0.1, 0.15) is 5.82 Å². The van der Waals surface area contributed by atoms with Gasteiger partial charge in [-0.25, -0.2) is 4.98 Å². The van der Waals surface area contributed by atoms with E-state index in [1.165, 1.54) is 32.1 Å². The number of imidazole rings is 1. The van der Waals surface area contributed by atoms with Gasteiger partial charge in [0.2, 0.25) is 5.91 Å². The lowest BCUT2D eigenvalue weighted by molar-refractivity contribution is -0.121. The average Bonchev–Trinajstić information content (AvgIpc) is 2.88. The van der Waals surface area contributed by atoms with Gasteiger partial charge in [-0.3, -0.25) is 4.79 Å². The van der Waals surface area contributed by atoms with Gasteiger partial charge in [-0.05, 0) is 24.5 Å². The molecule has 1 aliphatic rings. The Bertz CT molecular complexity index is 641. The van der Waals surface area contributed by atoms with Gasteiger partial charge >= 0.3 is 0 Å². The third-order valence-corrected chi connectivity index (χ3v) is 4.83. The van der Waals surface area contributed by atoms with Crippen LogP contribution in [-0.2, 0) is 18.4 Å². The molecule has 4 nitrogen and oxygen atoms in total. The first-order valence-electron chi connectivity index (χ1n) is 8.41. The molecule has 0 unspecified atom stereocenters. The van der Waals surface area contributed by atoms with E-state index in [1.807, 2.05) is 25.2 Å². The van der Waals surface area contributed by atoms with E-state index in [-0.39, 0.29) is 5.91 Å². The molecule has 118 valence electrons. The van der Waals surface area contributed by atoms with Crippen molar-refractivity contribution in [3.8, 4) is 0 Å². The number of rotatable bonds is 5. The molecule has 0 atom stereocenters. The van der Waals surface area contributed by atoms with Crippen molar-refractivity contribution in [3.63, 3.8) is 0 Å². The number of aromatic nitrogens is 2. The smallest absolute Gasteiger partial charge is 0.220 e. The van der Waals surface area contributed by atoms with Crippen molar-refractivity contribution in [2.24, 2.45) is 13.0 Å². The van der Waals surface area contributed by atoms with E-state index in [0.29, 0.717) is 13.0 Å². The zero-order chi connectivity index (χ0) is 15.4. The molecule has 4 heteroatoms. The van der Waals surface area contributed by atoms with E-state index in [1.54, 1.807) is 0 Å². The Labute approximate surface area is 131 Å². The number of nitrogens with one attached hydrogen (secondary N) is 1. The van der Waals surface area contributed by atoms with Crippen molar-refractivity contribution in [1.29, 1.82) is 0 Å². The van der Waals surface area contributed by atoms with Crippen molar-refractivity contribution in [2.75, 3.05) is 0 Å². The zero-order valence-electron chi connectivity index (χ0n) is 13.3. The second kappa shape index (κ2) is 6.95. The number of carbonyl (C=O) groups excluding carboxylic acids is 1. The van der Waals surface area contributed by atoms with Crippen LogP contribution in [0, 0.1) is 5.92 Å². The molecule has 22 heavy (non-hydrogen) atoms. The molecule has 1 heterocycles. The van der Waals surface area contributed by atoms with Crippen molar-refractivity contribution < 1.29 is 4.79 Å². The number of hydrogen-bond donors (Lipinski definition) is 1. The summed E-state index contributed by atoms with van der Waals surface area (Å²) in [5.74, 6) is 1.82. The van der Waals surface area contributed by atoms with E-state index < -0.39 is 0 Å². The van der Waals surface area contributed by atoms with Gasteiger partial charge in [-0.2, -0.15) is 0 Å². The minimum Gasteiger partial charge on any atom is -0.349 e. The SMILES string of the molecule is Cn1c(CNC(=O)CCC2CCCCC2)nc2ccccc21. The summed E-state index contributed by atoms with van der Waals surface area (Å²) in [6, 6.07) is 8.05. The molecular formula is C18H25N3O. The molecule has 1 saturated carbocycles. The van der Waals surface area contributed by atoms with Crippen molar-refractivity contribution >= 4 is 16.9 Å². The van der Waals surface area contributed by atoms with Gasteiger partial charge in [0.05, 0.1) is 17.6 Å². The van der Waals surface area contributed by atoms with Crippen LogP contribution in [-0.4, -0.2) is 15.5 Å². The number of para-hydroxylation sites is 2. The summed E-state index contributed by atoms with van der Waals surface area (Å²) in [4.78, 5) is 16.6. The lowest BCUT2D eigenvalue weighted by Gasteiger charge is -2.20. The Hall–Kier alpha value is -1.84. The Balaban J connectivity index is 1.50. The third-order valence-electron chi connectivity index (χ3n) is 4.83. The highest BCUT2D eigenvalue weighted by Crippen LogP contribution is 2.27. The summed E-state index contributed by atoms with van der Waals surface area (Å²) in [5, 5.41) is 3.02. The molecule has 0 radical (unpaired) electrons. The maximum Gasteiger partial charge on any atom is 0.220 e. The number of fused-ring (bicyclic) bond motifs is 1. The lowest BCUT2D eigenvalue weighted by atomic mass is 9.86. The van der Waals surface area contributed by atoms with Crippen LogP contribution in [0.5, 0.6) is 0 Å². The first-order valence-corrected chi connectivity index (χ1v) is 8.41. The summed E-state index contributed by atoms with van der Waals surface area (Å²) < 4.78 is 2.05. The van der Waals surface area contributed by atoms with E-state index in [2.05, 4.69) is 20.9 Å². The maximum absolute atomic E-state index is 12.0. The summed E-state index contributed by atoms with van der Waals surface area (Å²) in [5.41, 5.74) is 2.09. The topological polar surface area (TPSA) is 46.9 Å². The molecule has 3 rings (SSSR count). The quantitative estimate of drug-likeness (QED) is 0.917. The molecule has 1 amide bonds. The summed E-state index contributed by atoms with van der Waals surface area (Å²) in [6.45, 7) is 0.509. The monoisotopic (exact) mass is 299 g/mol. The van der Waals surface area contributed by atoms with E-state index in [0.717, 1.165) is 29.2 Å². The first-order chi connectivity index (χ1) is 10.7. The molecule has 0 aliphatic heterocycles. The van der Waals surface area contributed by atoms with Crippen LogP contribution >= 0.6 is 0 Å². The van der Waals surface area contributed by atoms with E-state index in [4.69, 9.17) is 0 Å². The first kappa shape index (κ1) is 15.1. The van der Waals surface area contributed by atoms with Crippen molar-refractivity contribution in [3.05, 3.63) is 30.1 Å². The second-order valence-electron chi connectivity index (χ2n) is 6.40. The van der Waals surface area contributed by atoms with Crippen LogP contribution in [0.2, 0.25) is 0 Å². The third kappa shape index (κ3) is 3.49. The van der Waals surface area contributed by atoms with Gasteiger partial charge in [0.15, 0.2) is 0 Å². The Morgan fingerprint density at radius 3 is 2.82 bits per heavy atom. The lowest BCUT2D eigenvalue weighted by Crippen LogP contribution is -2.25. The number of benzene rings is 1. The van der Waals surface area contributed by atoms with Crippen LogP contribution in [0.15, 0.2) is 24.3 Å². The molecule has 2 aromatic rings. The maximum atomic E-state index is 12.0. The highest BCUT2D eigenvalue weighted by molar-refractivity contribution is 5.77. The molecule has 1 aromatic carbocycles. The van der Waals surface area contributed by atoms with Gasteiger partial charge in [0.25, 0.3) is 0 Å². The predicted molar refractivity (Wildman–Crippen MR) is 88.4 cm³/mol. The fourth-order valence-electron chi connectivity index (χ4n) is 3.43. The minimum absolute atomic E-state index is 0.151. The number of nitrogens with zero attached hydrogens (tertiary/aromatic N) is 2. The standard InChI is InChI=1S/C18H25N3O/c1-21-16-10-6-5-9-15(16)20-17(21)13-19-18(22)12-11-14-7-3-2-4-8-14/h5-6,9-10,14H,2-4,7-8,11-13H2,1H3,(H,19,22). The van der Waals surface area contributed by atoms with Crippen LogP contribution < -0.4 is 5.32 Å². The molecule has 0 spiro atoms. The fourth-order valence-corrected chi connectivity index (χ4v) is 3.43. The van der Waals surface area contributed by atoms with Gasteiger partial charge in [-0.1, -0.05) is 44.2 Å². The minimum atomic E-state index is 0.151. The molecular weight excluding hydrogens is 274 g/mol. The largest absolute Gasteiger partial charge is 0.349 e. The van der Waals surface area contributed by atoms with Gasteiger partial charge in [0, 0.05) is 13.5 Å². The molecule has 1 aromatic heterocycles. The zero-order valence-corrected chi connectivity index (χ0v) is 13.3. The van der Waals surface area contributed by atoms with Crippen LogP contribution in [0.3, 0.4) is 0 Å².